The molecule has 5 rings (SSSR count). The van der Waals surface area contributed by atoms with Gasteiger partial charge in [0.15, 0.2) is 0 Å². The third-order valence-electron chi connectivity index (χ3n) is 5.94. The molecule has 25 heavy (non-hydrogen) atoms. The number of nitrogens with two attached hydrogens (primary N) is 1. The van der Waals surface area contributed by atoms with E-state index in [0.29, 0.717) is 17.9 Å². The van der Waals surface area contributed by atoms with Crippen molar-refractivity contribution in [1.29, 1.82) is 0 Å². The van der Waals surface area contributed by atoms with Crippen molar-refractivity contribution in [3.63, 3.8) is 0 Å². The second-order valence-corrected chi connectivity index (χ2v) is 7.34. The van der Waals surface area contributed by atoms with Crippen molar-refractivity contribution >= 4 is 16.7 Å². The van der Waals surface area contributed by atoms with Gasteiger partial charge in [-0.1, -0.05) is 36.4 Å². The maximum Gasteiger partial charge on any atom is 0.226 e. The van der Waals surface area contributed by atoms with E-state index in [4.69, 9.17) is 10.7 Å². The lowest BCUT2D eigenvalue weighted by molar-refractivity contribution is 0.381. The van der Waals surface area contributed by atoms with Gasteiger partial charge in [0, 0.05) is 24.3 Å². The Bertz CT molecular complexity index is 922. The van der Waals surface area contributed by atoms with Crippen LogP contribution in [-0.2, 0) is 0 Å². The number of aromatic nitrogens is 2. The Hall–Kier alpha value is -2.46. The Morgan fingerprint density at radius 1 is 1.04 bits per heavy atom. The van der Waals surface area contributed by atoms with Gasteiger partial charge < -0.3 is 10.6 Å². The molecule has 4 nitrogen and oxygen atoms in total. The fourth-order valence-corrected chi connectivity index (χ4v) is 4.59. The zero-order valence-electron chi connectivity index (χ0n) is 14.2. The molecule has 126 valence electrons. The van der Waals surface area contributed by atoms with E-state index in [-0.39, 0.29) is 0 Å². The van der Waals surface area contributed by atoms with Crippen LogP contribution in [0.15, 0.2) is 54.7 Å². The second kappa shape index (κ2) is 5.81. The minimum atomic E-state index is 0.561. The fraction of sp³-hybridized carbons (Fsp3) is 0.333. The molecule has 1 aromatic heterocycles. The highest BCUT2D eigenvalue weighted by Gasteiger charge is 2.44. The summed E-state index contributed by atoms with van der Waals surface area (Å²) in [6, 6.07) is 17.5. The number of anilines is 1. The van der Waals surface area contributed by atoms with Crippen molar-refractivity contribution in [3.05, 3.63) is 54.7 Å². The summed E-state index contributed by atoms with van der Waals surface area (Å²) < 4.78 is 0. The first kappa shape index (κ1) is 14.8. The third kappa shape index (κ3) is 2.48. The van der Waals surface area contributed by atoms with Crippen molar-refractivity contribution < 1.29 is 0 Å². The van der Waals surface area contributed by atoms with Crippen LogP contribution in [0, 0.1) is 11.8 Å². The van der Waals surface area contributed by atoms with Crippen LogP contribution >= 0.6 is 0 Å². The van der Waals surface area contributed by atoms with Crippen LogP contribution in [0.3, 0.4) is 0 Å². The van der Waals surface area contributed by atoms with Crippen LogP contribution in [0.5, 0.6) is 0 Å². The first-order valence-electron chi connectivity index (χ1n) is 9.11. The van der Waals surface area contributed by atoms with Crippen LogP contribution in [-0.4, -0.2) is 29.1 Å². The first-order valence-corrected chi connectivity index (χ1v) is 9.11. The van der Waals surface area contributed by atoms with Crippen LogP contribution in [0.1, 0.15) is 12.8 Å². The fourth-order valence-electron chi connectivity index (χ4n) is 4.59. The predicted octanol–water partition coefficient (Wildman–Crippen LogP) is 3.47. The van der Waals surface area contributed by atoms with Gasteiger partial charge in [-0.05, 0) is 54.1 Å². The highest BCUT2D eigenvalue weighted by atomic mass is 15.3. The number of rotatable bonds is 3. The molecule has 1 aliphatic carbocycles. The summed E-state index contributed by atoms with van der Waals surface area (Å²) >= 11 is 0. The standard InChI is InChI=1S/C21H22N4/c22-12-17-10-19-11-18(17)13-25(19)21-23-8-7-20(24-21)16-6-5-14-3-1-2-4-15(14)9-16/h1-9,17-19H,10-13,22H2/t17-,18+,19+/m0/s1. The number of hydrogen-bond donors (Lipinski definition) is 1. The first-order chi connectivity index (χ1) is 12.3. The summed E-state index contributed by atoms with van der Waals surface area (Å²) in [6.07, 6.45) is 4.31. The average Bonchev–Trinajstić information content (AvgIpc) is 3.28. The quantitative estimate of drug-likeness (QED) is 0.799. The minimum Gasteiger partial charge on any atom is -0.338 e. The molecule has 0 amide bonds. The Morgan fingerprint density at radius 3 is 2.72 bits per heavy atom. The normalized spacial score (nSPS) is 25.0. The van der Waals surface area contributed by atoms with Gasteiger partial charge in [0.2, 0.25) is 5.95 Å². The summed E-state index contributed by atoms with van der Waals surface area (Å²) in [6.45, 7) is 1.86. The molecule has 2 heterocycles. The number of fused-ring (bicyclic) bond motifs is 3. The lowest BCUT2D eigenvalue weighted by atomic mass is 9.95. The van der Waals surface area contributed by atoms with Gasteiger partial charge in [-0.15, -0.1) is 0 Å². The lowest BCUT2D eigenvalue weighted by Gasteiger charge is -2.31. The number of benzene rings is 2. The van der Waals surface area contributed by atoms with E-state index in [1.165, 1.54) is 23.6 Å². The van der Waals surface area contributed by atoms with E-state index in [1.807, 2.05) is 12.3 Å². The maximum atomic E-state index is 5.90. The molecule has 1 aliphatic heterocycles. The molecule has 1 saturated carbocycles. The van der Waals surface area contributed by atoms with Crippen LogP contribution in [0.4, 0.5) is 5.95 Å². The monoisotopic (exact) mass is 330 g/mol. The summed E-state index contributed by atoms with van der Waals surface area (Å²) in [5.41, 5.74) is 8.04. The largest absolute Gasteiger partial charge is 0.338 e. The number of hydrogen-bond acceptors (Lipinski definition) is 4. The van der Waals surface area contributed by atoms with Crippen LogP contribution in [0.25, 0.3) is 22.0 Å². The zero-order valence-corrected chi connectivity index (χ0v) is 14.2. The molecule has 0 radical (unpaired) electrons. The van der Waals surface area contributed by atoms with E-state index in [0.717, 1.165) is 30.3 Å². The molecule has 2 aliphatic rings. The van der Waals surface area contributed by atoms with Crippen molar-refractivity contribution in [3.8, 4) is 11.3 Å². The highest BCUT2D eigenvalue weighted by molar-refractivity contribution is 5.86. The van der Waals surface area contributed by atoms with E-state index in [1.54, 1.807) is 0 Å². The predicted molar refractivity (Wildman–Crippen MR) is 101 cm³/mol. The van der Waals surface area contributed by atoms with Gasteiger partial charge >= 0.3 is 0 Å². The van der Waals surface area contributed by atoms with Crippen LogP contribution < -0.4 is 10.6 Å². The molecular weight excluding hydrogens is 308 g/mol. The molecule has 3 atom stereocenters. The SMILES string of the molecule is NC[C@@H]1C[C@@H]2C[C@@H]1CN2c1nccc(-c2ccc3ccccc3c2)n1. The Labute approximate surface area is 147 Å². The molecule has 1 saturated heterocycles. The molecular formula is C21H22N4. The van der Waals surface area contributed by atoms with Gasteiger partial charge in [-0.25, -0.2) is 9.97 Å². The van der Waals surface area contributed by atoms with Crippen molar-refractivity contribution in [2.24, 2.45) is 17.6 Å². The number of nitrogens with zero attached hydrogens (tertiary/aromatic N) is 3. The molecule has 4 heteroatoms. The molecule has 0 spiro atoms. The molecule has 2 N–H and O–H groups in total. The topological polar surface area (TPSA) is 55.0 Å². The zero-order chi connectivity index (χ0) is 16.8. The van der Waals surface area contributed by atoms with Gasteiger partial charge in [-0.3, -0.25) is 0 Å². The third-order valence-corrected chi connectivity index (χ3v) is 5.94. The van der Waals surface area contributed by atoms with E-state index in [2.05, 4.69) is 52.3 Å². The Balaban J connectivity index is 1.47. The second-order valence-electron chi connectivity index (χ2n) is 7.34. The Morgan fingerprint density at radius 2 is 1.92 bits per heavy atom. The average molecular weight is 330 g/mol. The van der Waals surface area contributed by atoms with Gasteiger partial charge in [0.05, 0.1) is 5.69 Å². The maximum absolute atomic E-state index is 5.90. The van der Waals surface area contributed by atoms with Gasteiger partial charge in [0.1, 0.15) is 0 Å². The summed E-state index contributed by atoms with van der Waals surface area (Å²) in [5, 5.41) is 2.50. The van der Waals surface area contributed by atoms with Gasteiger partial charge in [0.25, 0.3) is 0 Å². The Kier molecular flexibility index (Phi) is 3.45. The molecule has 2 bridgehead atoms. The lowest BCUT2D eigenvalue weighted by Crippen LogP contribution is -2.38. The molecule has 2 aromatic carbocycles. The van der Waals surface area contributed by atoms with Crippen molar-refractivity contribution in [2.45, 2.75) is 18.9 Å². The summed E-state index contributed by atoms with van der Waals surface area (Å²) in [5.74, 6) is 2.27. The molecule has 0 unspecified atom stereocenters. The number of piperidine rings is 1. The molecule has 3 aromatic rings. The summed E-state index contributed by atoms with van der Waals surface area (Å²) in [4.78, 5) is 11.8. The van der Waals surface area contributed by atoms with E-state index in [9.17, 15) is 0 Å². The minimum absolute atomic E-state index is 0.561. The highest BCUT2D eigenvalue weighted by Crippen LogP contribution is 2.42. The van der Waals surface area contributed by atoms with E-state index >= 15 is 0 Å². The van der Waals surface area contributed by atoms with Crippen molar-refractivity contribution in [1.82, 2.24) is 9.97 Å². The van der Waals surface area contributed by atoms with Gasteiger partial charge in [-0.2, -0.15) is 0 Å². The van der Waals surface area contributed by atoms with E-state index < -0.39 is 0 Å². The van der Waals surface area contributed by atoms with Crippen LogP contribution in [0.2, 0.25) is 0 Å². The van der Waals surface area contributed by atoms with Crippen molar-refractivity contribution in [2.75, 3.05) is 18.0 Å². The smallest absolute Gasteiger partial charge is 0.226 e. The molecule has 2 fully saturated rings. The summed E-state index contributed by atoms with van der Waals surface area (Å²) in [7, 11) is 0.